The van der Waals surface area contributed by atoms with E-state index in [2.05, 4.69) is 6.58 Å². The van der Waals surface area contributed by atoms with Crippen molar-refractivity contribution in [3.8, 4) is 0 Å². The van der Waals surface area contributed by atoms with E-state index in [1.165, 1.54) is 6.07 Å². The summed E-state index contributed by atoms with van der Waals surface area (Å²) in [5.74, 6) is -3.87. The highest BCUT2D eigenvalue weighted by atomic mass is 19.1. The monoisotopic (exact) mass is 326 g/mol. The number of ether oxygens (including phenoxy) is 2. The topological polar surface area (TPSA) is 52.6 Å². The van der Waals surface area contributed by atoms with E-state index in [1.807, 2.05) is 0 Å². The van der Waals surface area contributed by atoms with Gasteiger partial charge in [0.15, 0.2) is 5.92 Å². The molecule has 0 aliphatic rings. The first-order valence-corrected chi connectivity index (χ1v) is 7.37. The molecular weight excluding hydrogens is 306 g/mol. The second-order valence-corrected chi connectivity index (χ2v) is 4.82. The van der Waals surface area contributed by atoms with Gasteiger partial charge in [-0.2, -0.15) is 0 Å². The molecule has 0 radical (unpaired) electrons. The number of allylic oxidation sites excluding steroid dienone is 1. The lowest BCUT2D eigenvalue weighted by atomic mass is 9.96. The summed E-state index contributed by atoms with van der Waals surface area (Å²) in [5.41, 5.74) is 0.513. The van der Waals surface area contributed by atoms with Gasteiger partial charge in [-0.3, -0.25) is 9.59 Å². The first-order chi connectivity index (χ1) is 10.9. The number of hydrogen-bond acceptors (Lipinski definition) is 4. The Balaban J connectivity index is 2.78. The fourth-order valence-electron chi connectivity index (χ4n) is 2.05. The smallest absolute Gasteiger partial charge is 0.320 e. The van der Waals surface area contributed by atoms with Crippen molar-refractivity contribution in [2.24, 2.45) is 5.92 Å². The predicted octanol–water partition coefficient (Wildman–Crippen LogP) is 3.50. The maximum Gasteiger partial charge on any atom is 0.320 e. The van der Waals surface area contributed by atoms with Crippen LogP contribution in [-0.4, -0.2) is 25.2 Å². The SMILES string of the molecule is C=C(CCC(C(=O)OCC)C(=O)OCC)c1ccc(F)cc1F. The Hall–Kier alpha value is -2.24. The molecule has 6 heteroatoms. The van der Waals surface area contributed by atoms with E-state index >= 15 is 0 Å². The Kier molecular flexibility index (Phi) is 7.38. The van der Waals surface area contributed by atoms with Gasteiger partial charge in [0.25, 0.3) is 0 Å². The van der Waals surface area contributed by atoms with Gasteiger partial charge >= 0.3 is 11.9 Å². The number of benzene rings is 1. The molecule has 0 spiro atoms. The summed E-state index contributed by atoms with van der Waals surface area (Å²) in [7, 11) is 0. The first-order valence-electron chi connectivity index (χ1n) is 7.37. The largest absolute Gasteiger partial charge is 0.465 e. The van der Waals surface area contributed by atoms with Crippen LogP contribution in [0.2, 0.25) is 0 Å². The molecule has 1 aromatic rings. The molecule has 4 nitrogen and oxygen atoms in total. The molecule has 0 heterocycles. The van der Waals surface area contributed by atoms with Gasteiger partial charge < -0.3 is 9.47 Å². The fraction of sp³-hybridized carbons (Fsp3) is 0.412. The molecule has 0 fully saturated rings. The molecule has 0 saturated carbocycles. The maximum absolute atomic E-state index is 13.7. The summed E-state index contributed by atoms with van der Waals surface area (Å²) in [4.78, 5) is 23.7. The molecule has 1 aromatic carbocycles. The van der Waals surface area contributed by atoms with Crippen molar-refractivity contribution in [2.75, 3.05) is 13.2 Å². The quantitative estimate of drug-likeness (QED) is 0.542. The predicted molar refractivity (Wildman–Crippen MR) is 81.4 cm³/mol. The van der Waals surface area contributed by atoms with Crippen LogP contribution >= 0.6 is 0 Å². The molecular formula is C17H20F2O4. The molecule has 0 atom stereocenters. The van der Waals surface area contributed by atoms with Crippen LogP contribution in [0.15, 0.2) is 24.8 Å². The van der Waals surface area contributed by atoms with Crippen molar-refractivity contribution in [2.45, 2.75) is 26.7 Å². The van der Waals surface area contributed by atoms with E-state index in [0.29, 0.717) is 5.57 Å². The Bertz CT molecular complexity index is 566. The highest BCUT2D eigenvalue weighted by Gasteiger charge is 2.29. The van der Waals surface area contributed by atoms with Crippen LogP contribution in [0.5, 0.6) is 0 Å². The minimum Gasteiger partial charge on any atom is -0.465 e. The van der Waals surface area contributed by atoms with Crippen LogP contribution in [0.4, 0.5) is 8.78 Å². The van der Waals surface area contributed by atoms with E-state index in [1.54, 1.807) is 13.8 Å². The van der Waals surface area contributed by atoms with E-state index < -0.39 is 29.5 Å². The Morgan fingerprint density at radius 3 is 2.17 bits per heavy atom. The molecule has 0 bridgehead atoms. The summed E-state index contributed by atoms with van der Waals surface area (Å²) in [5, 5.41) is 0. The zero-order valence-electron chi connectivity index (χ0n) is 13.2. The third kappa shape index (κ3) is 5.47. The molecule has 23 heavy (non-hydrogen) atoms. The van der Waals surface area contributed by atoms with Crippen LogP contribution in [-0.2, 0) is 19.1 Å². The number of esters is 2. The van der Waals surface area contributed by atoms with Gasteiger partial charge in [-0.05, 0) is 44.4 Å². The number of hydrogen-bond donors (Lipinski definition) is 0. The summed E-state index contributed by atoms with van der Waals surface area (Å²) in [6.45, 7) is 7.28. The molecule has 1 rings (SSSR count). The molecule has 0 unspecified atom stereocenters. The summed E-state index contributed by atoms with van der Waals surface area (Å²) >= 11 is 0. The first kappa shape index (κ1) is 18.8. The van der Waals surface area contributed by atoms with Gasteiger partial charge in [-0.25, -0.2) is 8.78 Å². The van der Waals surface area contributed by atoms with Gasteiger partial charge in [-0.15, -0.1) is 0 Å². The highest BCUT2D eigenvalue weighted by Crippen LogP contribution is 2.24. The van der Waals surface area contributed by atoms with Crippen LogP contribution in [0.3, 0.4) is 0 Å². The van der Waals surface area contributed by atoms with Gasteiger partial charge in [0.05, 0.1) is 13.2 Å². The van der Waals surface area contributed by atoms with Crippen LogP contribution in [0.1, 0.15) is 32.3 Å². The average Bonchev–Trinajstić information content (AvgIpc) is 2.47. The van der Waals surface area contributed by atoms with Crippen molar-refractivity contribution in [1.29, 1.82) is 0 Å². The van der Waals surface area contributed by atoms with Crippen molar-refractivity contribution in [3.05, 3.63) is 42.0 Å². The second-order valence-electron chi connectivity index (χ2n) is 4.82. The zero-order chi connectivity index (χ0) is 17.4. The van der Waals surface area contributed by atoms with Gasteiger partial charge in [0.1, 0.15) is 11.6 Å². The fourth-order valence-corrected chi connectivity index (χ4v) is 2.05. The number of halogens is 2. The standard InChI is InChI=1S/C17H20F2O4/c1-4-22-16(20)14(17(21)23-5-2)8-6-11(3)13-9-7-12(18)10-15(13)19/h7,9-10,14H,3-6,8H2,1-2H3. The Labute approximate surface area is 134 Å². The summed E-state index contributed by atoms with van der Waals surface area (Å²) < 4.78 is 36.3. The lowest BCUT2D eigenvalue weighted by Crippen LogP contribution is -2.28. The van der Waals surface area contributed by atoms with Crippen LogP contribution in [0, 0.1) is 17.6 Å². The average molecular weight is 326 g/mol. The molecule has 0 aliphatic heterocycles. The normalized spacial score (nSPS) is 10.5. The minimum absolute atomic E-state index is 0.0767. The molecule has 0 aliphatic carbocycles. The van der Waals surface area contributed by atoms with Gasteiger partial charge in [-0.1, -0.05) is 6.58 Å². The number of carbonyl (C=O) groups excluding carboxylic acids is 2. The second kappa shape index (κ2) is 9.02. The van der Waals surface area contributed by atoms with Crippen molar-refractivity contribution >= 4 is 17.5 Å². The lowest BCUT2D eigenvalue weighted by molar-refractivity contribution is -0.161. The van der Waals surface area contributed by atoms with Crippen molar-refractivity contribution in [1.82, 2.24) is 0 Å². The minimum atomic E-state index is -1.09. The molecule has 0 saturated heterocycles. The zero-order valence-corrected chi connectivity index (χ0v) is 13.2. The van der Waals surface area contributed by atoms with Crippen molar-refractivity contribution < 1.29 is 27.8 Å². The third-order valence-electron chi connectivity index (χ3n) is 3.19. The Morgan fingerprint density at radius 1 is 1.13 bits per heavy atom. The van der Waals surface area contributed by atoms with Crippen LogP contribution in [0.25, 0.3) is 5.57 Å². The van der Waals surface area contributed by atoms with Gasteiger partial charge in [0, 0.05) is 11.6 Å². The van der Waals surface area contributed by atoms with E-state index in [9.17, 15) is 18.4 Å². The van der Waals surface area contributed by atoms with E-state index in [4.69, 9.17) is 9.47 Å². The highest BCUT2D eigenvalue weighted by molar-refractivity contribution is 5.95. The summed E-state index contributed by atoms with van der Waals surface area (Å²) in [6, 6.07) is 3.16. The van der Waals surface area contributed by atoms with Crippen molar-refractivity contribution in [3.63, 3.8) is 0 Å². The lowest BCUT2D eigenvalue weighted by Gasteiger charge is -2.15. The number of rotatable bonds is 8. The number of carbonyl (C=O) groups is 2. The molecule has 0 N–H and O–H groups in total. The Morgan fingerprint density at radius 2 is 1.70 bits per heavy atom. The molecule has 0 amide bonds. The van der Waals surface area contributed by atoms with E-state index in [0.717, 1.165) is 12.1 Å². The third-order valence-corrected chi connectivity index (χ3v) is 3.19. The van der Waals surface area contributed by atoms with Gasteiger partial charge in [0.2, 0.25) is 0 Å². The molecule has 0 aromatic heterocycles. The van der Waals surface area contributed by atoms with E-state index in [-0.39, 0.29) is 31.6 Å². The summed E-state index contributed by atoms with van der Waals surface area (Å²) in [6.07, 6.45) is 0.248. The molecule has 126 valence electrons. The van der Waals surface area contributed by atoms with Crippen LogP contribution < -0.4 is 0 Å². The maximum atomic E-state index is 13.7.